The predicted octanol–water partition coefficient (Wildman–Crippen LogP) is 4.00. The van der Waals surface area contributed by atoms with E-state index >= 15 is 0 Å². The van der Waals surface area contributed by atoms with E-state index in [9.17, 15) is 0 Å². The van der Waals surface area contributed by atoms with Gasteiger partial charge in [-0.3, -0.25) is 0 Å². The number of anilines is 2. The number of hydrogen-bond donors (Lipinski definition) is 2. The molecule has 0 bridgehead atoms. The molecule has 0 atom stereocenters. The summed E-state index contributed by atoms with van der Waals surface area (Å²) in [6.45, 7) is 4.24. The van der Waals surface area contributed by atoms with Crippen molar-refractivity contribution >= 4 is 22.8 Å². The molecule has 2 N–H and O–H groups in total. The Hall–Kier alpha value is -1.78. The van der Waals surface area contributed by atoms with Gasteiger partial charge < -0.3 is 15.2 Å². The first-order valence-electron chi connectivity index (χ1n) is 9.18. The lowest BCUT2D eigenvalue weighted by Gasteiger charge is -2.20. The van der Waals surface area contributed by atoms with E-state index in [4.69, 9.17) is 9.97 Å². The number of fused-ring (bicyclic) bond motifs is 1. The third kappa shape index (κ3) is 3.14. The van der Waals surface area contributed by atoms with Gasteiger partial charge in [0.25, 0.3) is 0 Å². The molecule has 0 radical (unpaired) electrons. The summed E-state index contributed by atoms with van der Waals surface area (Å²) in [5.74, 6) is 1.90. The second-order valence-corrected chi connectivity index (χ2v) is 7.11. The van der Waals surface area contributed by atoms with Crippen molar-refractivity contribution in [2.24, 2.45) is 0 Å². The quantitative estimate of drug-likeness (QED) is 0.841. The van der Waals surface area contributed by atoms with Crippen LogP contribution < -0.4 is 10.2 Å². The third-order valence-electron chi connectivity index (χ3n) is 5.20. The van der Waals surface area contributed by atoms with Gasteiger partial charge in [-0.2, -0.15) is 9.97 Å². The number of hydrogen-bond acceptors (Lipinski definition) is 4. The van der Waals surface area contributed by atoms with Crippen LogP contribution in [0.4, 0.5) is 11.8 Å². The van der Waals surface area contributed by atoms with Gasteiger partial charge in [0.05, 0.1) is 5.39 Å². The Bertz CT molecular complexity index is 663. The Kier molecular flexibility index (Phi) is 4.10. The van der Waals surface area contributed by atoms with E-state index in [1.54, 1.807) is 0 Å². The largest absolute Gasteiger partial charge is 0.367 e. The lowest BCUT2D eigenvalue weighted by atomic mass is 10.1. The molecule has 23 heavy (non-hydrogen) atoms. The Balaban J connectivity index is 1.67. The minimum Gasteiger partial charge on any atom is -0.367 e. The first kappa shape index (κ1) is 14.8. The predicted molar refractivity (Wildman–Crippen MR) is 95.2 cm³/mol. The number of rotatable bonds is 3. The SMILES string of the molecule is Cc1cc2c(NC3CCCCCC3)nc(N3CCCC3)nc2[nH]1. The number of aromatic amines is 1. The van der Waals surface area contributed by atoms with Gasteiger partial charge in [-0.15, -0.1) is 0 Å². The van der Waals surface area contributed by atoms with Crippen LogP contribution in [-0.2, 0) is 0 Å². The molecule has 2 aromatic heterocycles. The monoisotopic (exact) mass is 313 g/mol. The van der Waals surface area contributed by atoms with Gasteiger partial charge >= 0.3 is 0 Å². The fourth-order valence-electron chi connectivity index (χ4n) is 3.91. The maximum Gasteiger partial charge on any atom is 0.229 e. The molecule has 2 aromatic rings. The molecular weight excluding hydrogens is 286 g/mol. The van der Waals surface area contributed by atoms with Crippen LogP contribution in [0.5, 0.6) is 0 Å². The minimum atomic E-state index is 0.553. The van der Waals surface area contributed by atoms with E-state index in [1.807, 2.05) is 0 Å². The average molecular weight is 313 g/mol. The molecule has 1 aliphatic heterocycles. The third-order valence-corrected chi connectivity index (χ3v) is 5.20. The minimum absolute atomic E-state index is 0.553. The van der Waals surface area contributed by atoms with E-state index in [0.717, 1.165) is 41.6 Å². The zero-order valence-electron chi connectivity index (χ0n) is 14.1. The molecule has 5 heteroatoms. The Labute approximate surface area is 137 Å². The first-order chi connectivity index (χ1) is 11.3. The van der Waals surface area contributed by atoms with Crippen LogP contribution in [0.25, 0.3) is 11.0 Å². The second-order valence-electron chi connectivity index (χ2n) is 7.11. The van der Waals surface area contributed by atoms with E-state index in [2.05, 4.69) is 28.2 Å². The van der Waals surface area contributed by atoms with Crippen molar-refractivity contribution in [3.63, 3.8) is 0 Å². The highest BCUT2D eigenvalue weighted by molar-refractivity contribution is 5.89. The van der Waals surface area contributed by atoms with Crippen molar-refractivity contribution < 1.29 is 0 Å². The lowest BCUT2D eigenvalue weighted by molar-refractivity contribution is 0.618. The molecule has 2 aliphatic rings. The molecule has 1 aliphatic carbocycles. The smallest absolute Gasteiger partial charge is 0.229 e. The van der Waals surface area contributed by atoms with Gasteiger partial charge in [-0.1, -0.05) is 25.7 Å². The average Bonchev–Trinajstić information content (AvgIpc) is 3.12. The molecule has 0 spiro atoms. The number of aromatic nitrogens is 3. The van der Waals surface area contributed by atoms with Crippen LogP contribution >= 0.6 is 0 Å². The van der Waals surface area contributed by atoms with Crippen molar-refractivity contribution in [1.29, 1.82) is 0 Å². The van der Waals surface area contributed by atoms with E-state index in [-0.39, 0.29) is 0 Å². The molecule has 0 amide bonds. The molecule has 3 heterocycles. The fourth-order valence-corrected chi connectivity index (χ4v) is 3.91. The molecular formula is C18H27N5. The standard InChI is InChI=1S/C18H27N5/c1-13-12-15-16(19-13)21-18(23-10-6-7-11-23)22-17(15)20-14-8-4-2-3-5-9-14/h12,14H,2-11H2,1H3,(H2,19,20,21,22). The highest BCUT2D eigenvalue weighted by atomic mass is 15.3. The van der Waals surface area contributed by atoms with Crippen molar-refractivity contribution in [2.75, 3.05) is 23.3 Å². The van der Waals surface area contributed by atoms with Crippen LogP contribution in [0.2, 0.25) is 0 Å². The number of nitrogens with one attached hydrogen (secondary N) is 2. The summed E-state index contributed by atoms with van der Waals surface area (Å²) in [6, 6.07) is 2.72. The number of nitrogens with zero attached hydrogens (tertiary/aromatic N) is 3. The molecule has 1 saturated carbocycles. The zero-order chi connectivity index (χ0) is 15.6. The van der Waals surface area contributed by atoms with Crippen molar-refractivity contribution in [3.05, 3.63) is 11.8 Å². The topological polar surface area (TPSA) is 56.8 Å². The number of aryl methyl sites for hydroxylation is 1. The van der Waals surface area contributed by atoms with E-state index in [0.29, 0.717) is 6.04 Å². The Morgan fingerprint density at radius 2 is 1.78 bits per heavy atom. The summed E-state index contributed by atoms with van der Waals surface area (Å²) in [4.78, 5) is 15.4. The highest BCUT2D eigenvalue weighted by Gasteiger charge is 2.20. The molecule has 0 aromatic carbocycles. The summed E-state index contributed by atoms with van der Waals surface area (Å²) in [5.41, 5.74) is 2.12. The highest BCUT2D eigenvalue weighted by Crippen LogP contribution is 2.28. The van der Waals surface area contributed by atoms with Gasteiger partial charge in [0, 0.05) is 24.8 Å². The van der Waals surface area contributed by atoms with Gasteiger partial charge in [0.1, 0.15) is 11.5 Å². The maximum absolute atomic E-state index is 4.90. The van der Waals surface area contributed by atoms with Gasteiger partial charge in [-0.05, 0) is 38.7 Å². The zero-order valence-corrected chi connectivity index (χ0v) is 14.1. The van der Waals surface area contributed by atoms with Gasteiger partial charge in [-0.25, -0.2) is 0 Å². The van der Waals surface area contributed by atoms with Gasteiger partial charge in [0.15, 0.2) is 0 Å². The van der Waals surface area contributed by atoms with Crippen LogP contribution in [0.3, 0.4) is 0 Å². The molecule has 1 saturated heterocycles. The summed E-state index contributed by atoms with van der Waals surface area (Å²) >= 11 is 0. The van der Waals surface area contributed by atoms with Gasteiger partial charge in [0.2, 0.25) is 5.95 Å². The Morgan fingerprint density at radius 1 is 1.04 bits per heavy atom. The fraction of sp³-hybridized carbons (Fsp3) is 0.667. The molecule has 5 nitrogen and oxygen atoms in total. The summed E-state index contributed by atoms with van der Waals surface area (Å²) in [5, 5.41) is 4.88. The van der Waals surface area contributed by atoms with Crippen molar-refractivity contribution in [1.82, 2.24) is 15.0 Å². The maximum atomic E-state index is 4.90. The van der Waals surface area contributed by atoms with Crippen LogP contribution in [0.1, 0.15) is 57.1 Å². The molecule has 2 fully saturated rings. The summed E-state index contributed by atoms with van der Waals surface area (Å²) in [6.07, 6.45) is 10.4. The first-order valence-corrected chi connectivity index (χ1v) is 9.18. The normalized spacial score (nSPS) is 20.1. The van der Waals surface area contributed by atoms with Crippen LogP contribution in [0.15, 0.2) is 6.07 Å². The number of H-pyrrole nitrogens is 1. The van der Waals surface area contributed by atoms with Crippen molar-refractivity contribution in [2.45, 2.75) is 64.3 Å². The second kappa shape index (κ2) is 6.38. The summed E-state index contributed by atoms with van der Waals surface area (Å²) < 4.78 is 0. The van der Waals surface area contributed by atoms with Crippen LogP contribution in [0, 0.1) is 6.92 Å². The summed E-state index contributed by atoms with van der Waals surface area (Å²) in [7, 11) is 0. The molecule has 0 unspecified atom stereocenters. The van der Waals surface area contributed by atoms with E-state index < -0.39 is 0 Å². The molecule has 124 valence electrons. The van der Waals surface area contributed by atoms with Crippen LogP contribution in [-0.4, -0.2) is 34.1 Å². The van der Waals surface area contributed by atoms with E-state index in [1.165, 1.54) is 51.4 Å². The molecule has 4 rings (SSSR count). The lowest BCUT2D eigenvalue weighted by Crippen LogP contribution is -2.23. The Morgan fingerprint density at radius 3 is 2.52 bits per heavy atom. The van der Waals surface area contributed by atoms with Crippen molar-refractivity contribution in [3.8, 4) is 0 Å².